The summed E-state index contributed by atoms with van der Waals surface area (Å²) in [6, 6.07) is 1.73. The highest BCUT2D eigenvalue weighted by molar-refractivity contribution is 7.91. The van der Waals surface area contributed by atoms with E-state index in [1.807, 2.05) is 13.8 Å². The van der Waals surface area contributed by atoms with E-state index in [1.165, 1.54) is 17.8 Å². The van der Waals surface area contributed by atoms with Crippen LogP contribution < -0.4 is 4.72 Å². The van der Waals surface area contributed by atoms with Gasteiger partial charge in [0, 0.05) is 11.4 Å². The molecule has 1 aliphatic carbocycles. The van der Waals surface area contributed by atoms with Gasteiger partial charge in [-0.1, -0.05) is 12.8 Å². The normalized spacial score (nSPS) is 23.4. The molecule has 2 rings (SSSR count). The first kappa shape index (κ1) is 16.9. The van der Waals surface area contributed by atoms with Gasteiger partial charge in [0.15, 0.2) is 0 Å². The molecule has 6 heteroatoms. The van der Waals surface area contributed by atoms with Gasteiger partial charge in [-0.25, -0.2) is 13.1 Å². The van der Waals surface area contributed by atoms with Gasteiger partial charge in [-0.2, -0.15) is 0 Å². The van der Waals surface area contributed by atoms with Crippen LogP contribution in [0.2, 0.25) is 0 Å². The van der Waals surface area contributed by atoms with Crippen molar-refractivity contribution in [1.29, 1.82) is 0 Å². The van der Waals surface area contributed by atoms with Gasteiger partial charge < -0.3 is 5.11 Å². The minimum Gasteiger partial charge on any atom is -0.393 e. The quantitative estimate of drug-likeness (QED) is 0.788. The molecule has 0 radical (unpaired) electrons. The van der Waals surface area contributed by atoms with Crippen molar-refractivity contribution in [1.82, 2.24) is 4.72 Å². The second-order valence-corrected chi connectivity index (χ2v) is 9.21. The van der Waals surface area contributed by atoms with Crippen LogP contribution in [0, 0.1) is 19.8 Å². The third-order valence-electron chi connectivity index (χ3n) is 4.32. The Bertz CT molecular complexity index is 546. The highest BCUT2D eigenvalue weighted by Gasteiger charge is 2.23. The fraction of sp³-hybridized carbons (Fsp3) is 0.733. The molecule has 1 saturated carbocycles. The van der Waals surface area contributed by atoms with Crippen LogP contribution in [0.1, 0.15) is 49.0 Å². The maximum Gasteiger partial charge on any atom is 0.250 e. The van der Waals surface area contributed by atoms with Crippen molar-refractivity contribution in [3.63, 3.8) is 0 Å². The lowest BCUT2D eigenvalue weighted by Crippen LogP contribution is -2.27. The van der Waals surface area contributed by atoms with E-state index in [2.05, 4.69) is 4.72 Å². The second kappa shape index (κ2) is 7.22. The summed E-state index contributed by atoms with van der Waals surface area (Å²) < 4.78 is 27.4. The lowest BCUT2D eigenvalue weighted by atomic mass is 9.84. The van der Waals surface area contributed by atoms with Gasteiger partial charge in [0.25, 0.3) is 0 Å². The average molecular weight is 332 g/mol. The number of hydrogen-bond acceptors (Lipinski definition) is 4. The van der Waals surface area contributed by atoms with Crippen LogP contribution in [-0.4, -0.2) is 26.2 Å². The number of aliphatic hydroxyl groups excluding tert-OH is 1. The van der Waals surface area contributed by atoms with Gasteiger partial charge in [0.2, 0.25) is 10.0 Å². The Morgan fingerprint density at radius 3 is 2.67 bits per heavy atom. The summed E-state index contributed by atoms with van der Waals surface area (Å²) in [5.41, 5.74) is 1.02. The Balaban J connectivity index is 1.79. The molecule has 1 aromatic rings. The molecule has 0 spiro atoms. The van der Waals surface area contributed by atoms with Gasteiger partial charge in [-0.3, -0.25) is 0 Å². The lowest BCUT2D eigenvalue weighted by Gasteiger charge is -2.27. The van der Waals surface area contributed by atoms with Crippen molar-refractivity contribution in [3.8, 4) is 0 Å². The lowest BCUT2D eigenvalue weighted by molar-refractivity contribution is 0.0645. The maximum atomic E-state index is 12.2. The van der Waals surface area contributed by atoms with Crippen LogP contribution in [0.5, 0.6) is 0 Å². The molecule has 0 amide bonds. The first-order valence-electron chi connectivity index (χ1n) is 7.65. The third kappa shape index (κ3) is 4.52. The fourth-order valence-corrected chi connectivity index (χ4v) is 5.47. The maximum absolute atomic E-state index is 12.2. The number of aryl methyl sites for hydroxylation is 2. The number of hydrogen-bond donors (Lipinski definition) is 2. The number of thiophene rings is 1. The number of nitrogens with one attached hydrogen (secondary N) is 1. The van der Waals surface area contributed by atoms with Gasteiger partial charge in [-0.05, 0) is 57.1 Å². The first-order chi connectivity index (χ1) is 9.90. The minimum atomic E-state index is -3.37. The Hall–Kier alpha value is -0.430. The summed E-state index contributed by atoms with van der Waals surface area (Å²) in [7, 11) is -3.37. The van der Waals surface area contributed by atoms with E-state index in [0.717, 1.165) is 42.5 Å². The van der Waals surface area contributed by atoms with Crippen molar-refractivity contribution >= 4 is 21.4 Å². The molecule has 21 heavy (non-hydrogen) atoms. The van der Waals surface area contributed by atoms with E-state index < -0.39 is 10.0 Å². The molecular weight excluding hydrogens is 306 g/mol. The molecule has 1 aromatic heterocycles. The molecule has 1 heterocycles. The predicted molar refractivity (Wildman–Crippen MR) is 86.2 cm³/mol. The van der Waals surface area contributed by atoms with Gasteiger partial charge in [0.05, 0.1) is 6.10 Å². The Morgan fingerprint density at radius 1 is 1.33 bits per heavy atom. The molecule has 4 nitrogen and oxygen atoms in total. The van der Waals surface area contributed by atoms with E-state index >= 15 is 0 Å². The van der Waals surface area contributed by atoms with Crippen LogP contribution in [0.15, 0.2) is 10.3 Å². The average Bonchev–Trinajstić information content (AvgIpc) is 2.77. The molecule has 0 saturated heterocycles. The van der Waals surface area contributed by atoms with Crippen molar-refractivity contribution in [2.75, 3.05) is 6.54 Å². The monoisotopic (exact) mass is 331 g/mol. The van der Waals surface area contributed by atoms with E-state index in [0.29, 0.717) is 16.7 Å². The molecule has 2 atom stereocenters. The van der Waals surface area contributed by atoms with Gasteiger partial charge in [0.1, 0.15) is 4.21 Å². The van der Waals surface area contributed by atoms with Crippen molar-refractivity contribution < 1.29 is 13.5 Å². The summed E-state index contributed by atoms with van der Waals surface area (Å²) >= 11 is 1.32. The zero-order valence-electron chi connectivity index (χ0n) is 12.8. The molecule has 0 aliphatic heterocycles. The largest absolute Gasteiger partial charge is 0.393 e. The molecule has 120 valence electrons. The number of rotatable bonds is 6. The SMILES string of the molecule is Cc1cc(S(=O)(=O)NCCCC2CCCCC2O)sc1C. The Kier molecular flexibility index (Phi) is 5.82. The van der Waals surface area contributed by atoms with Gasteiger partial charge in [-0.15, -0.1) is 11.3 Å². The highest BCUT2D eigenvalue weighted by Crippen LogP contribution is 2.28. The van der Waals surface area contributed by atoms with Crippen molar-refractivity contribution in [2.24, 2.45) is 5.92 Å². The Morgan fingerprint density at radius 2 is 2.05 bits per heavy atom. The summed E-state index contributed by atoms with van der Waals surface area (Å²) in [6.45, 7) is 4.31. The van der Waals surface area contributed by atoms with E-state index in [1.54, 1.807) is 6.07 Å². The van der Waals surface area contributed by atoms with E-state index in [9.17, 15) is 13.5 Å². The minimum absolute atomic E-state index is 0.196. The molecule has 1 fully saturated rings. The molecule has 2 unspecified atom stereocenters. The number of sulfonamides is 1. The fourth-order valence-electron chi connectivity index (χ4n) is 2.84. The highest BCUT2D eigenvalue weighted by atomic mass is 32.2. The summed E-state index contributed by atoms with van der Waals surface area (Å²) in [5, 5.41) is 9.90. The smallest absolute Gasteiger partial charge is 0.250 e. The zero-order chi connectivity index (χ0) is 15.5. The predicted octanol–water partition coefficient (Wildman–Crippen LogP) is 2.97. The van der Waals surface area contributed by atoms with E-state index in [4.69, 9.17) is 0 Å². The topological polar surface area (TPSA) is 66.4 Å². The van der Waals surface area contributed by atoms with E-state index in [-0.39, 0.29) is 6.10 Å². The molecule has 2 N–H and O–H groups in total. The molecule has 0 aromatic carbocycles. The molecular formula is C15H25NO3S2. The molecule has 1 aliphatic rings. The first-order valence-corrected chi connectivity index (χ1v) is 9.95. The summed E-state index contributed by atoms with van der Waals surface area (Å²) in [6.07, 6.45) is 5.73. The van der Waals surface area contributed by atoms with Crippen molar-refractivity contribution in [2.45, 2.75) is 62.7 Å². The van der Waals surface area contributed by atoms with Crippen LogP contribution in [0.4, 0.5) is 0 Å². The zero-order valence-corrected chi connectivity index (χ0v) is 14.4. The second-order valence-electron chi connectivity index (χ2n) is 5.96. The summed E-state index contributed by atoms with van der Waals surface area (Å²) in [5.74, 6) is 0.342. The van der Waals surface area contributed by atoms with Crippen LogP contribution in [-0.2, 0) is 10.0 Å². The van der Waals surface area contributed by atoms with Crippen molar-refractivity contribution in [3.05, 3.63) is 16.5 Å². The third-order valence-corrected chi connectivity index (χ3v) is 7.41. The van der Waals surface area contributed by atoms with Gasteiger partial charge >= 0.3 is 0 Å². The molecule has 0 bridgehead atoms. The summed E-state index contributed by atoms with van der Waals surface area (Å²) in [4.78, 5) is 1.04. The van der Waals surface area contributed by atoms with Crippen LogP contribution in [0.25, 0.3) is 0 Å². The van der Waals surface area contributed by atoms with Crippen LogP contribution in [0.3, 0.4) is 0 Å². The standard InChI is InChI=1S/C15H25NO3S2/c1-11-10-15(20-12(11)2)21(18,19)16-9-5-7-13-6-3-4-8-14(13)17/h10,13-14,16-17H,3-9H2,1-2H3. The van der Waals surface area contributed by atoms with Crippen LogP contribution >= 0.6 is 11.3 Å². The Labute approximate surface area is 131 Å². The number of aliphatic hydroxyl groups is 1.